The summed E-state index contributed by atoms with van der Waals surface area (Å²) >= 11 is 0. The van der Waals surface area contributed by atoms with E-state index in [0.717, 1.165) is 60.9 Å². The van der Waals surface area contributed by atoms with Crippen molar-refractivity contribution in [2.24, 2.45) is 11.8 Å². The van der Waals surface area contributed by atoms with Crippen molar-refractivity contribution in [1.82, 2.24) is 14.5 Å². The van der Waals surface area contributed by atoms with Gasteiger partial charge in [-0.25, -0.2) is 0 Å². The molecule has 296 valence electrons. The van der Waals surface area contributed by atoms with Crippen molar-refractivity contribution in [3.8, 4) is 0 Å². The molecular formula is C47H58N4O5. The fourth-order valence-corrected chi connectivity index (χ4v) is 8.89. The molecule has 56 heavy (non-hydrogen) atoms. The highest BCUT2D eigenvalue weighted by Gasteiger charge is 2.40. The summed E-state index contributed by atoms with van der Waals surface area (Å²) in [5.41, 5.74) is 4.67. The van der Waals surface area contributed by atoms with Gasteiger partial charge in [0.05, 0.1) is 23.8 Å². The van der Waals surface area contributed by atoms with Gasteiger partial charge >= 0.3 is 5.97 Å². The number of nitrogens with zero attached hydrogens (tertiary/aromatic N) is 3. The van der Waals surface area contributed by atoms with E-state index in [4.69, 9.17) is 4.74 Å². The Kier molecular flexibility index (Phi) is 13.5. The Morgan fingerprint density at radius 3 is 2.70 bits per heavy atom. The Balaban J connectivity index is 0.829. The zero-order chi connectivity index (χ0) is 38.9. The number of aliphatic hydroxyl groups excluding tert-OH is 3. The van der Waals surface area contributed by atoms with Gasteiger partial charge in [0.15, 0.2) is 6.23 Å². The molecule has 1 saturated heterocycles. The molecule has 3 unspecified atom stereocenters. The zero-order valence-corrected chi connectivity index (χ0v) is 32.6. The molecule has 5 aromatic rings. The number of unbranched alkanes of at least 4 members (excludes halogenated alkanes) is 1. The van der Waals surface area contributed by atoms with Gasteiger partial charge in [-0.2, -0.15) is 0 Å². The van der Waals surface area contributed by atoms with Crippen LogP contribution in [0.5, 0.6) is 0 Å². The lowest BCUT2D eigenvalue weighted by atomic mass is 9.85. The maximum absolute atomic E-state index is 12.9. The van der Waals surface area contributed by atoms with E-state index in [1.54, 1.807) is 0 Å². The van der Waals surface area contributed by atoms with Crippen molar-refractivity contribution in [3.63, 3.8) is 0 Å². The Morgan fingerprint density at radius 1 is 0.964 bits per heavy atom. The molecule has 0 spiro atoms. The van der Waals surface area contributed by atoms with Gasteiger partial charge in [-0.15, -0.1) is 0 Å². The fraction of sp³-hybridized carbons (Fsp3) is 0.447. The summed E-state index contributed by atoms with van der Waals surface area (Å²) in [6, 6.07) is 27.6. The van der Waals surface area contributed by atoms with Crippen LogP contribution in [0.4, 0.5) is 5.69 Å². The van der Waals surface area contributed by atoms with Crippen LogP contribution in [0, 0.1) is 11.8 Å². The third kappa shape index (κ3) is 10.2. The number of allylic oxidation sites excluding steroid dienone is 2. The largest absolute Gasteiger partial charge is 0.441 e. The van der Waals surface area contributed by atoms with Crippen molar-refractivity contribution >= 4 is 33.3 Å². The number of pyridine rings is 1. The van der Waals surface area contributed by atoms with Crippen LogP contribution in [0.15, 0.2) is 110 Å². The van der Waals surface area contributed by atoms with Crippen molar-refractivity contribution in [2.45, 2.75) is 108 Å². The summed E-state index contributed by atoms with van der Waals surface area (Å²) < 4.78 is 7.93. The Morgan fingerprint density at radius 2 is 1.82 bits per heavy atom. The minimum atomic E-state index is -0.550. The average Bonchev–Trinajstić information content (AvgIpc) is 3.91. The minimum absolute atomic E-state index is 0.0339. The summed E-state index contributed by atoms with van der Waals surface area (Å²) in [5, 5.41) is 39.2. The fourth-order valence-electron chi connectivity index (χ4n) is 8.89. The molecule has 2 aliphatic rings. The van der Waals surface area contributed by atoms with Gasteiger partial charge in [-0.1, -0.05) is 66.7 Å². The molecule has 7 atom stereocenters. The first kappa shape index (κ1) is 39.7. The second-order valence-corrected chi connectivity index (χ2v) is 16.0. The van der Waals surface area contributed by atoms with Gasteiger partial charge in [0, 0.05) is 67.1 Å². The lowest BCUT2D eigenvalue weighted by Crippen LogP contribution is -2.26. The first-order valence-electron chi connectivity index (χ1n) is 20.6. The number of anilines is 1. The molecule has 0 radical (unpaired) electrons. The number of esters is 1. The maximum atomic E-state index is 12.9. The van der Waals surface area contributed by atoms with E-state index < -0.39 is 24.5 Å². The van der Waals surface area contributed by atoms with Crippen molar-refractivity contribution in [1.29, 1.82) is 0 Å². The summed E-state index contributed by atoms with van der Waals surface area (Å²) in [5.74, 6) is -0.288. The van der Waals surface area contributed by atoms with Crippen LogP contribution >= 0.6 is 0 Å². The van der Waals surface area contributed by atoms with Crippen LogP contribution in [-0.4, -0.2) is 73.2 Å². The van der Waals surface area contributed by atoms with E-state index in [9.17, 15) is 20.1 Å². The number of aliphatic hydroxyl groups is 3. The molecule has 7 rings (SSSR count). The molecule has 9 nitrogen and oxygen atoms in total. The number of carbonyl (C=O) groups excluding carboxylic acids is 1. The third-order valence-corrected chi connectivity index (χ3v) is 12.0. The molecule has 4 N–H and O–H groups in total. The van der Waals surface area contributed by atoms with Gasteiger partial charge in [0.25, 0.3) is 0 Å². The van der Waals surface area contributed by atoms with E-state index in [1.807, 2.05) is 48.3 Å². The van der Waals surface area contributed by atoms with Crippen LogP contribution in [-0.2, 0) is 22.5 Å². The van der Waals surface area contributed by atoms with E-state index >= 15 is 0 Å². The van der Waals surface area contributed by atoms with Crippen molar-refractivity contribution in [2.75, 3.05) is 18.4 Å². The SMILES string of the molecule is CC(OC(=O)CCCC=CC[C@@H]1[C@@H](CCC(O)CCc2ccccc2)[C@H](O)C[C@@H]1O)n1ccc2ccc(CN3CCC(Nc4cccc5cnccc45)C3)cc21. The number of aromatic nitrogens is 2. The second kappa shape index (κ2) is 19.1. The van der Waals surface area contributed by atoms with E-state index in [0.29, 0.717) is 51.0 Å². The number of likely N-dealkylation sites (tertiary alicyclic amines) is 1. The number of carbonyl (C=O) groups is 1. The summed E-state index contributed by atoms with van der Waals surface area (Å²) in [6.07, 6.45) is 14.6. The van der Waals surface area contributed by atoms with Gasteiger partial charge in [0.1, 0.15) is 0 Å². The standard InChI is InChI=1S/C47H58N4O5/c1-33(56-47(55)15-8-3-2-7-13-41-42(46(54)29-45(41)53)21-20-39(52)19-17-34-10-5-4-6-11-34)51-27-23-36-18-16-35(28-44(36)51)31-50-26-24-38(32-50)49-43-14-9-12-37-30-48-25-22-40(37)43/h2,4-7,9-12,14,16,18,22-23,25,27-28,30,33,38-39,41-42,45-46,49,52-54H,3,8,13,15,17,19-21,24,26,29,31-32H2,1H3/t33?,38?,39?,41-,42-,45+,46-/m1/s1. The zero-order valence-electron chi connectivity index (χ0n) is 32.6. The number of rotatable bonds is 18. The molecule has 9 heteroatoms. The molecular weight excluding hydrogens is 701 g/mol. The van der Waals surface area contributed by atoms with Crippen molar-refractivity contribution in [3.05, 3.63) is 121 Å². The number of hydrogen-bond acceptors (Lipinski definition) is 8. The molecule has 1 aliphatic heterocycles. The predicted molar refractivity (Wildman–Crippen MR) is 223 cm³/mol. The molecule has 2 aromatic heterocycles. The first-order chi connectivity index (χ1) is 27.3. The monoisotopic (exact) mass is 758 g/mol. The van der Waals surface area contributed by atoms with Crippen LogP contribution in [0.2, 0.25) is 0 Å². The van der Waals surface area contributed by atoms with Gasteiger partial charge in [-0.3, -0.25) is 14.7 Å². The highest BCUT2D eigenvalue weighted by atomic mass is 16.6. The van der Waals surface area contributed by atoms with Gasteiger partial charge in [-0.05, 0) is 117 Å². The summed E-state index contributed by atoms with van der Waals surface area (Å²) in [7, 11) is 0. The number of nitrogens with one attached hydrogen (secondary N) is 1. The number of ether oxygens (including phenoxy) is 1. The molecule has 1 aliphatic carbocycles. The molecule has 0 bridgehead atoms. The van der Waals surface area contributed by atoms with Gasteiger partial charge < -0.3 is 29.9 Å². The minimum Gasteiger partial charge on any atom is -0.441 e. The quantitative estimate of drug-likeness (QED) is 0.0402. The smallest absolute Gasteiger partial charge is 0.307 e. The van der Waals surface area contributed by atoms with Gasteiger partial charge in [0.2, 0.25) is 0 Å². The third-order valence-electron chi connectivity index (χ3n) is 12.0. The van der Waals surface area contributed by atoms with Crippen molar-refractivity contribution < 1.29 is 24.9 Å². The topological polar surface area (TPSA) is 120 Å². The molecule has 3 aromatic carbocycles. The molecule has 0 amide bonds. The van der Waals surface area contributed by atoms with Crippen LogP contribution in [0.1, 0.15) is 82.1 Å². The first-order valence-corrected chi connectivity index (χ1v) is 20.6. The molecule has 3 heterocycles. The second-order valence-electron chi connectivity index (χ2n) is 16.0. The Labute approximate surface area is 331 Å². The Bertz CT molecular complexity index is 2040. The number of hydrogen-bond donors (Lipinski definition) is 4. The highest BCUT2D eigenvalue weighted by Crippen LogP contribution is 2.38. The normalized spacial score (nSPS) is 22.6. The number of benzene rings is 3. The number of fused-ring (bicyclic) bond motifs is 2. The summed E-state index contributed by atoms with van der Waals surface area (Å²) in [6.45, 7) is 4.78. The molecule has 1 saturated carbocycles. The van der Waals surface area contributed by atoms with E-state index in [-0.39, 0.29) is 17.8 Å². The lowest BCUT2D eigenvalue weighted by molar-refractivity contribution is -0.152. The average molecular weight is 759 g/mol. The van der Waals surface area contributed by atoms with E-state index in [1.165, 1.54) is 16.5 Å². The van der Waals surface area contributed by atoms with E-state index in [2.05, 4.69) is 88.0 Å². The van der Waals surface area contributed by atoms with Crippen LogP contribution in [0.3, 0.4) is 0 Å². The Hall–Kier alpha value is -4.54. The highest BCUT2D eigenvalue weighted by molar-refractivity contribution is 5.93. The number of aryl methyl sites for hydroxylation is 1. The maximum Gasteiger partial charge on any atom is 0.307 e. The summed E-state index contributed by atoms with van der Waals surface area (Å²) in [4.78, 5) is 19.6. The molecule has 2 fully saturated rings. The van der Waals surface area contributed by atoms with Crippen LogP contribution in [0.25, 0.3) is 21.7 Å². The predicted octanol–water partition coefficient (Wildman–Crippen LogP) is 8.19. The lowest BCUT2D eigenvalue weighted by Gasteiger charge is -2.23. The van der Waals surface area contributed by atoms with Crippen LogP contribution < -0.4 is 5.32 Å².